The normalized spacial score (nSPS) is 10.9. The molecule has 2 rings (SSSR count). The van der Waals surface area contributed by atoms with Crippen LogP contribution in [0.2, 0.25) is 0 Å². The van der Waals surface area contributed by atoms with Crippen LogP contribution in [-0.2, 0) is 0 Å². The van der Waals surface area contributed by atoms with Crippen molar-refractivity contribution in [3.63, 3.8) is 0 Å². The van der Waals surface area contributed by atoms with Gasteiger partial charge in [0.15, 0.2) is 0 Å². The predicted molar refractivity (Wildman–Crippen MR) is 72.1 cm³/mol. The quantitative estimate of drug-likeness (QED) is 0.584. The lowest BCUT2D eigenvalue weighted by Crippen LogP contribution is -2.32. The van der Waals surface area contributed by atoms with Gasteiger partial charge < -0.3 is 10.0 Å². The number of hydrogen-bond donors (Lipinski definition) is 2. The second-order valence-corrected chi connectivity index (χ2v) is 5.62. The zero-order valence-corrected chi connectivity index (χ0v) is 11.4. The maximum absolute atomic E-state index is 9.11. The number of hydrogen-bond acceptors (Lipinski definition) is 3. The third kappa shape index (κ3) is 1.74. The first-order valence-corrected chi connectivity index (χ1v) is 6.57. The number of fused-ring (bicyclic) bond motifs is 1. The fraction of sp³-hybridized carbons (Fsp3) is 0. The highest BCUT2D eigenvalue weighted by atomic mass is 127. The van der Waals surface area contributed by atoms with Crippen molar-refractivity contribution in [1.82, 2.24) is 0 Å². The maximum atomic E-state index is 9.11. The molecule has 0 unspecified atom stereocenters. The summed E-state index contributed by atoms with van der Waals surface area (Å²) in [5.41, 5.74) is 0.562. The topological polar surface area (TPSA) is 40.5 Å². The van der Waals surface area contributed by atoms with Crippen LogP contribution in [0.25, 0.3) is 10.1 Å². The molecule has 0 saturated carbocycles. The van der Waals surface area contributed by atoms with Crippen LogP contribution in [0, 0.1) is 3.57 Å². The van der Waals surface area contributed by atoms with Gasteiger partial charge in [-0.15, -0.1) is 11.3 Å². The highest BCUT2D eigenvalue weighted by molar-refractivity contribution is 14.1. The van der Waals surface area contributed by atoms with E-state index in [9.17, 15) is 0 Å². The number of halogens is 2. The van der Waals surface area contributed by atoms with Crippen molar-refractivity contribution in [2.45, 2.75) is 0 Å². The van der Waals surface area contributed by atoms with E-state index in [0.717, 1.165) is 18.1 Å². The molecule has 1 aromatic carbocycles. The number of rotatable bonds is 1. The monoisotopic (exact) mass is 382 g/mol. The molecule has 2 nitrogen and oxygen atoms in total. The standard InChI is InChI=1S/C8H5BBrIO2S/c10-6-3-14-8-4(6)1-2-5(7(8)11)9(12)13/h1-3,12-13H. The summed E-state index contributed by atoms with van der Waals surface area (Å²) in [5.74, 6) is 0. The molecule has 0 aliphatic heterocycles. The molecule has 0 atom stereocenters. The molecule has 0 aliphatic rings. The van der Waals surface area contributed by atoms with Crippen LogP contribution in [-0.4, -0.2) is 17.2 Å². The molecular formula is C8H5BBrIO2S. The van der Waals surface area contributed by atoms with Gasteiger partial charge in [0.2, 0.25) is 0 Å². The van der Waals surface area contributed by atoms with Gasteiger partial charge in [-0.25, -0.2) is 0 Å². The van der Waals surface area contributed by atoms with Crippen molar-refractivity contribution < 1.29 is 10.0 Å². The second-order valence-electron chi connectivity index (χ2n) is 2.80. The average Bonchev–Trinajstić information content (AvgIpc) is 2.49. The van der Waals surface area contributed by atoms with E-state index in [2.05, 4.69) is 38.5 Å². The van der Waals surface area contributed by atoms with E-state index < -0.39 is 7.12 Å². The number of thiophene rings is 1. The average molecular weight is 383 g/mol. The maximum Gasteiger partial charge on any atom is 0.489 e. The van der Waals surface area contributed by atoms with Crippen LogP contribution < -0.4 is 5.46 Å². The van der Waals surface area contributed by atoms with Gasteiger partial charge in [-0.2, -0.15) is 0 Å². The zero-order valence-electron chi connectivity index (χ0n) is 6.87. The van der Waals surface area contributed by atoms with Crippen LogP contribution in [0.1, 0.15) is 0 Å². The first-order chi connectivity index (χ1) is 6.61. The van der Waals surface area contributed by atoms with Crippen LogP contribution in [0.15, 0.2) is 22.0 Å². The Morgan fingerprint density at radius 3 is 2.71 bits per heavy atom. The molecule has 14 heavy (non-hydrogen) atoms. The van der Waals surface area contributed by atoms with Crippen molar-refractivity contribution in [2.24, 2.45) is 0 Å². The van der Waals surface area contributed by atoms with E-state index >= 15 is 0 Å². The Bertz CT molecular complexity index is 485. The second kappa shape index (κ2) is 4.09. The summed E-state index contributed by atoms with van der Waals surface area (Å²) in [4.78, 5) is 0. The highest BCUT2D eigenvalue weighted by Gasteiger charge is 2.17. The molecule has 0 saturated heterocycles. The van der Waals surface area contributed by atoms with Crippen molar-refractivity contribution in [2.75, 3.05) is 0 Å². The van der Waals surface area contributed by atoms with Gasteiger partial charge in [-0.05, 0) is 44.0 Å². The van der Waals surface area contributed by atoms with Gasteiger partial charge in [0.25, 0.3) is 0 Å². The summed E-state index contributed by atoms with van der Waals surface area (Å²) in [5, 5.41) is 21.3. The third-order valence-corrected chi connectivity index (χ3v) is 5.44. The fourth-order valence-corrected chi connectivity index (χ4v) is 3.99. The van der Waals surface area contributed by atoms with E-state index in [1.54, 1.807) is 17.4 Å². The van der Waals surface area contributed by atoms with Gasteiger partial charge in [-0.3, -0.25) is 0 Å². The molecular weight excluding hydrogens is 378 g/mol. The largest absolute Gasteiger partial charge is 0.489 e. The molecule has 1 heterocycles. The lowest BCUT2D eigenvalue weighted by atomic mass is 9.80. The van der Waals surface area contributed by atoms with Crippen molar-refractivity contribution in [3.8, 4) is 0 Å². The summed E-state index contributed by atoms with van der Waals surface area (Å²) in [6, 6.07) is 3.64. The summed E-state index contributed by atoms with van der Waals surface area (Å²) in [7, 11) is -1.40. The Hall–Kier alpha value is 0.375. The molecule has 72 valence electrons. The molecule has 0 bridgehead atoms. The van der Waals surface area contributed by atoms with Crippen LogP contribution in [0.3, 0.4) is 0 Å². The summed E-state index contributed by atoms with van der Waals surface area (Å²) < 4.78 is 3.04. The smallest absolute Gasteiger partial charge is 0.423 e. The minimum absolute atomic E-state index is 0.562. The Balaban J connectivity index is 2.76. The van der Waals surface area contributed by atoms with Crippen molar-refractivity contribution in [1.29, 1.82) is 0 Å². The molecule has 0 aliphatic carbocycles. The Morgan fingerprint density at radius 1 is 1.36 bits per heavy atom. The van der Waals surface area contributed by atoms with Crippen LogP contribution in [0.5, 0.6) is 0 Å². The Morgan fingerprint density at radius 2 is 2.07 bits per heavy atom. The van der Waals surface area contributed by atoms with E-state index in [1.165, 1.54) is 0 Å². The fourth-order valence-electron chi connectivity index (χ4n) is 1.25. The highest BCUT2D eigenvalue weighted by Crippen LogP contribution is 2.32. The molecule has 2 aromatic rings. The SMILES string of the molecule is OB(O)c1ccc2c(Br)csc2c1I. The summed E-state index contributed by atoms with van der Waals surface area (Å²) in [6.07, 6.45) is 0. The van der Waals surface area contributed by atoms with Crippen molar-refractivity contribution in [3.05, 3.63) is 25.6 Å². The molecule has 6 heteroatoms. The molecule has 0 amide bonds. The van der Waals surface area contributed by atoms with Crippen molar-refractivity contribution >= 4 is 72.5 Å². The minimum Gasteiger partial charge on any atom is -0.423 e. The third-order valence-electron chi connectivity index (χ3n) is 1.94. The Labute approximate surface area is 107 Å². The Kier molecular flexibility index (Phi) is 3.18. The number of benzene rings is 1. The van der Waals surface area contributed by atoms with E-state index in [0.29, 0.717) is 5.46 Å². The first kappa shape index (κ1) is 10.9. The summed E-state index contributed by atoms with van der Waals surface area (Å²) in [6.45, 7) is 0. The molecule has 1 aromatic heterocycles. The lowest BCUT2D eigenvalue weighted by molar-refractivity contribution is 0.425. The summed E-state index contributed by atoms with van der Waals surface area (Å²) >= 11 is 7.18. The minimum atomic E-state index is -1.40. The zero-order chi connectivity index (χ0) is 10.3. The van der Waals surface area contributed by atoms with Gasteiger partial charge in [-0.1, -0.05) is 12.1 Å². The molecule has 0 spiro atoms. The molecule has 2 N–H and O–H groups in total. The molecule has 0 fully saturated rings. The van der Waals surface area contributed by atoms with Crippen LogP contribution in [0.4, 0.5) is 0 Å². The van der Waals surface area contributed by atoms with Gasteiger partial charge in [0, 0.05) is 23.5 Å². The molecule has 0 radical (unpaired) electrons. The van der Waals surface area contributed by atoms with Gasteiger partial charge in [0.1, 0.15) is 0 Å². The van der Waals surface area contributed by atoms with E-state index in [-0.39, 0.29) is 0 Å². The van der Waals surface area contributed by atoms with E-state index in [4.69, 9.17) is 10.0 Å². The lowest BCUT2D eigenvalue weighted by Gasteiger charge is -2.03. The van der Waals surface area contributed by atoms with Gasteiger partial charge >= 0.3 is 7.12 Å². The van der Waals surface area contributed by atoms with Crippen LogP contribution >= 0.6 is 49.9 Å². The first-order valence-electron chi connectivity index (χ1n) is 3.82. The van der Waals surface area contributed by atoms with E-state index in [1.807, 2.05) is 11.4 Å². The van der Waals surface area contributed by atoms with Gasteiger partial charge in [0.05, 0.1) is 0 Å². The predicted octanol–water partition coefficient (Wildman–Crippen LogP) is 1.95.